The van der Waals surface area contributed by atoms with Crippen LogP contribution in [0.5, 0.6) is 0 Å². The summed E-state index contributed by atoms with van der Waals surface area (Å²) in [7, 11) is 1.73. The molecule has 2 heterocycles. The summed E-state index contributed by atoms with van der Waals surface area (Å²) in [6.07, 6.45) is 9.36. The monoisotopic (exact) mass is 487 g/mol. The number of carbonyl (C=O) groups is 2. The van der Waals surface area contributed by atoms with Gasteiger partial charge in [-0.2, -0.15) is 0 Å². The zero-order valence-corrected chi connectivity index (χ0v) is 21.4. The summed E-state index contributed by atoms with van der Waals surface area (Å²) < 4.78 is 0. The van der Waals surface area contributed by atoms with Crippen molar-refractivity contribution in [2.45, 2.75) is 70.4 Å². The fourth-order valence-corrected chi connectivity index (χ4v) is 5.31. The van der Waals surface area contributed by atoms with Crippen molar-refractivity contribution < 1.29 is 9.59 Å². The van der Waals surface area contributed by atoms with Crippen molar-refractivity contribution in [2.75, 3.05) is 7.05 Å². The van der Waals surface area contributed by atoms with Crippen LogP contribution in [0.4, 0.5) is 0 Å². The van der Waals surface area contributed by atoms with Gasteiger partial charge in [-0.3, -0.25) is 14.6 Å². The summed E-state index contributed by atoms with van der Waals surface area (Å²) in [5.41, 5.74) is 3.79. The SMILES string of the molecule is CC[C@H](C(=N)C(=O)[C@@H](NC(=O)[C@H](C)NC)C1CCCCC1)c1ccnc(-c2c[nH]c3ccccc23)c1. The first-order chi connectivity index (χ1) is 17.4. The molecule has 190 valence electrons. The lowest BCUT2D eigenvalue weighted by molar-refractivity contribution is -0.127. The topological polar surface area (TPSA) is 111 Å². The third-order valence-electron chi connectivity index (χ3n) is 7.60. The third-order valence-corrected chi connectivity index (χ3v) is 7.60. The molecule has 0 bridgehead atoms. The maximum atomic E-state index is 13.8. The van der Waals surface area contributed by atoms with Gasteiger partial charge in [-0.1, -0.05) is 44.4 Å². The minimum atomic E-state index is -0.662. The van der Waals surface area contributed by atoms with Crippen molar-refractivity contribution in [3.05, 3.63) is 54.4 Å². The Morgan fingerprint density at radius 2 is 1.92 bits per heavy atom. The normalized spacial score (nSPS) is 16.9. The summed E-state index contributed by atoms with van der Waals surface area (Å²) >= 11 is 0. The molecule has 1 aliphatic carbocycles. The molecule has 1 fully saturated rings. The predicted molar refractivity (Wildman–Crippen MR) is 144 cm³/mol. The quantitative estimate of drug-likeness (QED) is 0.302. The van der Waals surface area contributed by atoms with Crippen molar-refractivity contribution in [1.29, 1.82) is 5.41 Å². The molecule has 0 aliphatic heterocycles. The van der Waals surface area contributed by atoms with Gasteiger partial charge in [0.05, 0.1) is 23.5 Å². The van der Waals surface area contributed by atoms with Crippen LogP contribution in [0.25, 0.3) is 22.2 Å². The van der Waals surface area contributed by atoms with Gasteiger partial charge in [0.1, 0.15) is 0 Å². The minimum Gasteiger partial charge on any atom is -0.360 e. The van der Waals surface area contributed by atoms with Crippen LogP contribution in [-0.2, 0) is 9.59 Å². The summed E-state index contributed by atoms with van der Waals surface area (Å²) in [6.45, 7) is 3.77. The minimum absolute atomic E-state index is 0.0570. The summed E-state index contributed by atoms with van der Waals surface area (Å²) in [5, 5.41) is 16.0. The average Bonchev–Trinajstić information content (AvgIpc) is 3.36. The second-order valence-electron chi connectivity index (χ2n) is 9.86. The number of hydrogen-bond donors (Lipinski definition) is 4. The van der Waals surface area contributed by atoms with Crippen LogP contribution in [-0.4, -0.2) is 46.5 Å². The number of carbonyl (C=O) groups excluding carboxylic acids is 2. The zero-order valence-electron chi connectivity index (χ0n) is 21.4. The number of Topliss-reactive ketones (excluding diaryl/α,β-unsaturated/α-hetero) is 1. The van der Waals surface area contributed by atoms with Gasteiger partial charge in [-0.15, -0.1) is 0 Å². The highest BCUT2D eigenvalue weighted by Gasteiger charge is 2.36. The number of ketones is 1. The first-order valence-corrected chi connectivity index (χ1v) is 13.1. The van der Waals surface area contributed by atoms with Crippen LogP contribution >= 0.6 is 0 Å². The van der Waals surface area contributed by atoms with Gasteiger partial charge in [0.2, 0.25) is 5.91 Å². The first kappa shape index (κ1) is 25.8. The Hall–Kier alpha value is -3.32. The standard InChI is InChI=1S/C29H37N5O2/c1-4-21(20-14-15-32-25(16-20)23-17-33-24-13-9-8-12-22(23)24)26(30)28(35)27(19-10-6-5-7-11-19)34-29(36)18(2)31-3/h8-9,12-19,21,27,30-31,33H,4-7,10-11H2,1-3H3,(H,34,36)/t18-,21-,27-/m0/s1. The number of aromatic nitrogens is 2. The maximum Gasteiger partial charge on any atom is 0.237 e. The molecule has 4 N–H and O–H groups in total. The molecule has 3 atom stereocenters. The van der Waals surface area contributed by atoms with E-state index in [1.807, 2.05) is 43.5 Å². The molecule has 3 aromatic rings. The molecule has 4 rings (SSSR count). The lowest BCUT2D eigenvalue weighted by Crippen LogP contribution is -2.53. The predicted octanol–water partition coefficient (Wildman–Crippen LogP) is 4.99. The molecular formula is C29H37N5O2. The van der Waals surface area contributed by atoms with E-state index >= 15 is 0 Å². The van der Waals surface area contributed by atoms with E-state index in [4.69, 9.17) is 5.41 Å². The van der Waals surface area contributed by atoms with Gasteiger partial charge in [0, 0.05) is 34.8 Å². The lowest BCUT2D eigenvalue weighted by Gasteiger charge is -2.32. The van der Waals surface area contributed by atoms with Crippen LogP contribution in [0.3, 0.4) is 0 Å². The number of para-hydroxylation sites is 1. The van der Waals surface area contributed by atoms with Gasteiger partial charge in [0.15, 0.2) is 5.78 Å². The Kier molecular flexibility index (Phi) is 8.31. The Bertz CT molecular complexity index is 1230. The van der Waals surface area contributed by atoms with E-state index in [0.29, 0.717) is 6.42 Å². The number of likely N-dealkylation sites (N-methyl/N-ethyl adjacent to an activating group) is 1. The van der Waals surface area contributed by atoms with E-state index in [2.05, 4.69) is 26.7 Å². The highest BCUT2D eigenvalue weighted by molar-refractivity contribution is 6.42. The number of hydrogen-bond acceptors (Lipinski definition) is 5. The molecule has 7 nitrogen and oxygen atoms in total. The molecule has 0 spiro atoms. The lowest BCUT2D eigenvalue weighted by atomic mass is 9.78. The number of amides is 1. The Morgan fingerprint density at radius 3 is 2.64 bits per heavy atom. The van der Waals surface area contributed by atoms with Crippen LogP contribution in [0, 0.1) is 11.3 Å². The fraction of sp³-hybridized carbons (Fsp3) is 0.448. The molecule has 1 amide bonds. The van der Waals surface area contributed by atoms with Crippen molar-refractivity contribution in [1.82, 2.24) is 20.6 Å². The van der Waals surface area contributed by atoms with Crippen molar-refractivity contribution >= 4 is 28.3 Å². The number of rotatable bonds is 10. The molecule has 0 radical (unpaired) electrons. The second kappa shape index (κ2) is 11.6. The molecule has 0 saturated heterocycles. The highest BCUT2D eigenvalue weighted by atomic mass is 16.2. The molecule has 7 heteroatoms. The summed E-state index contributed by atoms with van der Waals surface area (Å²) in [4.78, 5) is 34.4. The Labute approximate surface area is 213 Å². The van der Waals surface area contributed by atoms with E-state index in [9.17, 15) is 9.59 Å². The van der Waals surface area contributed by atoms with Crippen LogP contribution in [0.2, 0.25) is 0 Å². The number of fused-ring (bicyclic) bond motifs is 1. The van der Waals surface area contributed by atoms with Crippen LogP contribution in [0.1, 0.15) is 63.9 Å². The van der Waals surface area contributed by atoms with Gasteiger partial charge in [-0.05, 0) is 62.9 Å². The number of H-pyrrole nitrogens is 1. The fourth-order valence-electron chi connectivity index (χ4n) is 5.31. The van der Waals surface area contributed by atoms with Crippen molar-refractivity contribution in [2.24, 2.45) is 5.92 Å². The molecule has 1 aromatic carbocycles. The van der Waals surface area contributed by atoms with E-state index in [1.165, 1.54) is 0 Å². The van der Waals surface area contributed by atoms with Crippen LogP contribution in [0.15, 0.2) is 48.8 Å². The Morgan fingerprint density at radius 1 is 1.17 bits per heavy atom. The molecule has 2 aromatic heterocycles. The second-order valence-corrected chi connectivity index (χ2v) is 9.86. The number of aromatic amines is 1. The Balaban J connectivity index is 1.61. The summed E-state index contributed by atoms with van der Waals surface area (Å²) in [6, 6.07) is 10.9. The molecule has 36 heavy (non-hydrogen) atoms. The van der Waals surface area contributed by atoms with E-state index in [0.717, 1.165) is 59.8 Å². The van der Waals surface area contributed by atoms with Gasteiger partial charge >= 0.3 is 0 Å². The molecule has 1 aliphatic rings. The van der Waals surface area contributed by atoms with E-state index < -0.39 is 12.1 Å². The highest BCUT2D eigenvalue weighted by Crippen LogP contribution is 2.32. The smallest absolute Gasteiger partial charge is 0.237 e. The molecule has 1 saturated carbocycles. The van der Waals surface area contributed by atoms with Crippen molar-refractivity contribution in [3.8, 4) is 11.3 Å². The van der Waals surface area contributed by atoms with Crippen molar-refractivity contribution in [3.63, 3.8) is 0 Å². The molecule has 0 unspecified atom stereocenters. The van der Waals surface area contributed by atoms with E-state index in [1.54, 1.807) is 20.2 Å². The largest absolute Gasteiger partial charge is 0.360 e. The van der Waals surface area contributed by atoms with Crippen LogP contribution < -0.4 is 10.6 Å². The average molecular weight is 488 g/mol. The number of nitrogens with one attached hydrogen (secondary N) is 4. The van der Waals surface area contributed by atoms with Gasteiger partial charge < -0.3 is 21.0 Å². The number of pyridine rings is 1. The van der Waals surface area contributed by atoms with Gasteiger partial charge in [-0.25, -0.2) is 0 Å². The zero-order chi connectivity index (χ0) is 25.7. The first-order valence-electron chi connectivity index (χ1n) is 13.1. The maximum absolute atomic E-state index is 13.8. The molecular weight excluding hydrogens is 450 g/mol. The number of benzene rings is 1. The summed E-state index contributed by atoms with van der Waals surface area (Å²) in [5.74, 6) is -0.769. The van der Waals surface area contributed by atoms with E-state index in [-0.39, 0.29) is 29.2 Å². The number of nitrogens with zero attached hydrogens (tertiary/aromatic N) is 1. The van der Waals surface area contributed by atoms with Gasteiger partial charge in [0.25, 0.3) is 0 Å². The third kappa shape index (κ3) is 5.41.